The number of rotatable bonds is 5. The Bertz CT molecular complexity index is 266. The van der Waals surface area contributed by atoms with Crippen LogP contribution < -0.4 is 5.32 Å². The zero-order valence-electron chi connectivity index (χ0n) is 13.5. The first-order valence-electron chi connectivity index (χ1n) is 8.43. The molecule has 1 saturated heterocycles. The van der Waals surface area contributed by atoms with Gasteiger partial charge in [-0.15, -0.1) is 0 Å². The second-order valence-corrected chi connectivity index (χ2v) is 7.72. The average Bonchev–Trinajstić information content (AvgIpc) is 2.83. The summed E-state index contributed by atoms with van der Waals surface area (Å²) in [6.07, 6.45) is 8.38. The fourth-order valence-corrected chi connectivity index (χ4v) is 3.89. The predicted molar refractivity (Wildman–Crippen MR) is 83.4 cm³/mol. The molecule has 0 spiro atoms. The van der Waals surface area contributed by atoms with E-state index >= 15 is 0 Å². The molecule has 1 saturated carbocycles. The molecule has 2 fully saturated rings. The Morgan fingerprint density at radius 2 is 1.79 bits per heavy atom. The van der Waals surface area contributed by atoms with Crippen LogP contribution in [0.4, 0.5) is 0 Å². The first-order valence-corrected chi connectivity index (χ1v) is 8.43. The molecule has 1 aliphatic carbocycles. The van der Waals surface area contributed by atoms with Crippen molar-refractivity contribution in [3.8, 4) is 0 Å². The minimum absolute atomic E-state index is 0.555. The molecule has 0 bridgehead atoms. The molecule has 2 aliphatic rings. The van der Waals surface area contributed by atoms with E-state index in [1.807, 2.05) is 0 Å². The molecule has 1 N–H and O–H groups in total. The monoisotopic (exact) mass is 266 g/mol. The summed E-state index contributed by atoms with van der Waals surface area (Å²) in [5.74, 6) is 1.85. The molecule has 1 unspecified atom stereocenters. The summed E-state index contributed by atoms with van der Waals surface area (Å²) in [4.78, 5) is 2.47. The van der Waals surface area contributed by atoms with Crippen LogP contribution in [0, 0.1) is 17.3 Å². The molecule has 2 rings (SSSR count). The maximum atomic E-state index is 3.85. The summed E-state index contributed by atoms with van der Waals surface area (Å²) in [7, 11) is 2.25. The highest BCUT2D eigenvalue weighted by atomic mass is 15.1. The first kappa shape index (κ1) is 15.3. The minimum Gasteiger partial charge on any atom is -0.314 e. The third kappa shape index (κ3) is 4.19. The number of nitrogens with one attached hydrogen (secondary N) is 1. The van der Waals surface area contributed by atoms with Crippen molar-refractivity contribution in [2.24, 2.45) is 17.3 Å². The van der Waals surface area contributed by atoms with Crippen LogP contribution in [-0.2, 0) is 0 Å². The van der Waals surface area contributed by atoms with Crippen molar-refractivity contribution in [1.29, 1.82) is 0 Å². The van der Waals surface area contributed by atoms with Crippen molar-refractivity contribution < 1.29 is 0 Å². The lowest BCUT2D eigenvalue weighted by molar-refractivity contribution is 0.136. The van der Waals surface area contributed by atoms with E-state index in [1.54, 1.807) is 0 Å². The van der Waals surface area contributed by atoms with Gasteiger partial charge in [0.15, 0.2) is 0 Å². The van der Waals surface area contributed by atoms with E-state index < -0.39 is 0 Å². The first-order chi connectivity index (χ1) is 9.01. The number of likely N-dealkylation sites (tertiary alicyclic amines) is 1. The van der Waals surface area contributed by atoms with E-state index in [2.05, 4.69) is 38.0 Å². The molecule has 0 radical (unpaired) electrons. The van der Waals surface area contributed by atoms with Gasteiger partial charge in [-0.05, 0) is 69.5 Å². The fourth-order valence-electron chi connectivity index (χ4n) is 3.89. The van der Waals surface area contributed by atoms with E-state index in [4.69, 9.17) is 0 Å². The maximum Gasteiger partial charge on any atom is 0.00673 e. The van der Waals surface area contributed by atoms with Gasteiger partial charge in [-0.2, -0.15) is 0 Å². The molecule has 1 heterocycles. The van der Waals surface area contributed by atoms with E-state index in [0.29, 0.717) is 5.41 Å². The average molecular weight is 266 g/mol. The zero-order valence-corrected chi connectivity index (χ0v) is 13.5. The van der Waals surface area contributed by atoms with Crippen LogP contribution in [0.5, 0.6) is 0 Å². The summed E-state index contributed by atoms with van der Waals surface area (Å²) < 4.78 is 0. The quantitative estimate of drug-likeness (QED) is 0.819. The summed E-state index contributed by atoms with van der Waals surface area (Å²) in [5, 5.41) is 3.85. The molecular formula is C17H34N2. The Morgan fingerprint density at radius 3 is 2.32 bits per heavy atom. The smallest absolute Gasteiger partial charge is 0.00673 e. The van der Waals surface area contributed by atoms with E-state index in [-0.39, 0.29) is 0 Å². The molecule has 0 aromatic carbocycles. The summed E-state index contributed by atoms with van der Waals surface area (Å²) >= 11 is 0. The highest BCUT2D eigenvalue weighted by Gasteiger charge is 2.31. The van der Waals surface area contributed by atoms with E-state index in [1.165, 1.54) is 58.2 Å². The molecule has 0 amide bonds. The molecule has 0 aromatic heterocycles. The molecule has 2 heteroatoms. The predicted octanol–water partition coefficient (Wildman–Crippen LogP) is 3.52. The molecule has 2 nitrogen and oxygen atoms in total. The van der Waals surface area contributed by atoms with Gasteiger partial charge < -0.3 is 10.2 Å². The molecule has 1 atom stereocenters. The Morgan fingerprint density at radius 1 is 1.11 bits per heavy atom. The highest BCUT2D eigenvalue weighted by molar-refractivity contribution is 4.86. The second kappa shape index (κ2) is 6.58. The van der Waals surface area contributed by atoms with Crippen molar-refractivity contribution in [2.45, 2.75) is 65.3 Å². The van der Waals surface area contributed by atoms with E-state index in [0.717, 1.165) is 17.9 Å². The summed E-state index contributed by atoms with van der Waals surface area (Å²) in [6.45, 7) is 11.1. The molecule has 19 heavy (non-hydrogen) atoms. The third-order valence-electron chi connectivity index (χ3n) is 5.93. The van der Waals surface area contributed by atoms with Gasteiger partial charge in [0.1, 0.15) is 0 Å². The van der Waals surface area contributed by atoms with Gasteiger partial charge in [-0.25, -0.2) is 0 Å². The Balaban J connectivity index is 1.66. The van der Waals surface area contributed by atoms with Crippen LogP contribution in [0.3, 0.4) is 0 Å². The van der Waals surface area contributed by atoms with Crippen molar-refractivity contribution in [1.82, 2.24) is 10.2 Å². The van der Waals surface area contributed by atoms with Gasteiger partial charge in [0.2, 0.25) is 0 Å². The number of hydrogen-bond acceptors (Lipinski definition) is 2. The highest BCUT2D eigenvalue weighted by Crippen LogP contribution is 2.40. The normalized spacial score (nSPS) is 33.8. The Labute approximate surface area is 120 Å². The zero-order chi connectivity index (χ0) is 13.9. The van der Waals surface area contributed by atoms with Gasteiger partial charge in [-0.1, -0.05) is 27.2 Å². The second-order valence-electron chi connectivity index (χ2n) is 7.72. The standard InChI is InChI=1S/C17H34N2/c1-5-17(2,3)15-6-8-16(9-7-15)18-12-14-10-11-19(4)13-14/h14-16,18H,5-13H2,1-4H3. The lowest BCUT2D eigenvalue weighted by Gasteiger charge is -2.39. The summed E-state index contributed by atoms with van der Waals surface area (Å²) in [6, 6.07) is 0.801. The SMILES string of the molecule is CCC(C)(C)C1CCC(NCC2CCN(C)C2)CC1. The van der Waals surface area contributed by atoms with Crippen molar-refractivity contribution >= 4 is 0 Å². The van der Waals surface area contributed by atoms with Crippen LogP contribution in [0.2, 0.25) is 0 Å². The molecule has 112 valence electrons. The molecular weight excluding hydrogens is 232 g/mol. The van der Waals surface area contributed by atoms with Gasteiger partial charge in [0, 0.05) is 12.6 Å². The minimum atomic E-state index is 0.555. The van der Waals surface area contributed by atoms with Crippen LogP contribution >= 0.6 is 0 Å². The third-order valence-corrected chi connectivity index (χ3v) is 5.93. The van der Waals surface area contributed by atoms with Gasteiger partial charge in [0.05, 0.1) is 0 Å². The Hall–Kier alpha value is -0.0800. The van der Waals surface area contributed by atoms with Crippen molar-refractivity contribution in [3.63, 3.8) is 0 Å². The largest absolute Gasteiger partial charge is 0.314 e. The van der Waals surface area contributed by atoms with Crippen LogP contribution in [0.1, 0.15) is 59.3 Å². The molecule has 0 aromatic rings. The molecule has 1 aliphatic heterocycles. The lowest BCUT2D eigenvalue weighted by Crippen LogP contribution is -2.39. The topological polar surface area (TPSA) is 15.3 Å². The van der Waals surface area contributed by atoms with Crippen molar-refractivity contribution in [3.05, 3.63) is 0 Å². The number of nitrogens with zero attached hydrogens (tertiary/aromatic N) is 1. The maximum absolute atomic E-state index is 3.85. The Kier molecular flexibility index (Phi) is 5.30. The van der Waals surface area contributed by atoms with Gasteiger partial charge in [-0.3, -0.25) is 0 Å². The van der Waals surface area contributed by atoms with Crippen molar-refractivity contribution in [2.75, 3.05) is 26.7 Å². The number of hydrogen-bond donors (Lipinski definition) is 1. The van der Waals surface area contributed by atoms with Crippen LogP contribution in [0.25, 0.3) is 0 Å². The van der Waals surface area contributed by atoms with Gasteiger partial charge >= 0.3 is 0 Å². The van der Waals surface area contributed by atoms with Gasteiger partial charge in [0.25, 0.3) is 0 Å². The summed E-state index contributed by atoms with van der Waals surface area (Å²) in [5.41, 5.74) is 0.555. The fraction of sp³-hybridized carbons (Fsp3) is 1.00. The lowest BCUT2D eigenvalue weighted by atomic mass is 9.69. The van der Waals surface area contributed by atoms with E-state index in [9.17, 15) is 0 Å². The van der Waals surface area contributed by atoms with Crippen LogP contribution in [-0.4, -0.2) is 37.6 Å². The van der Waals surface area contributed by atoms with Crippen LogP contribution in [0.15, 0.2) is 0 Å².